The van der Waals surface area contributed by atoms with E-state index in [0.717, 1.165) is 16.8 Å². The quantitative estimate of drug-likeness (QED) is 0.407. The van der Waals surface area contributed by atoms with Gasteiger partial charge in [-0.15, -0.1) is 0 Å². The largest absolute Gasteiger partial charge is 0.325 e. The summed E-state index contributed by atoms with van der Waals surface area (Å²) in [5.74, 6) is 0.123. The summed E-state index contributed by atoms with van der Waals surface area (Å²) in [6.45, 7) is 10.4. The number of halogens is 1. The molecule has 1 atom stereocenters. The molecule has 0 fully saturated rings. The molecule has 1 amide bonds. The fourth-order valence-electron chi connectivity index (χ4n) is 3.24. The van der Waals surface area contributed by atoms with E-state index in [9.17, 15) is 9.59 Å². The van der Waals surface area contributed by atoms with Crippen LogP contribution in [0.3, 0.4) is 0 Å². The minimum atomic E-state index is -0.431. The van der Waals surface area contributed by atoms with E-state index in [4.69, 9.17) is 11.6 Å². The molecule has 0 spiro atoms. The maximum Gasteiger partial charge on any atom is 0.262 e. The van der Waals surface area contributed by atoms with Gasteiger partial charge in [-0.2, -0.15) is 0 Å². The molecule has 0 saturated carbocycles. The normalized spacial score (nSPS) is 12.4. The van der Waals surface area contributed by atoms with Gasteiger partial charge in [0.25, 0.3) is 5.56 Å². The van der Waals surface area contributed by atoms with Crippen LogP contribution in [-0.2, 0) is 11.3 Å². The highest BCUT2D eigenvalue weighted by Crippen LogP contribution is 2.26. The van der Waals surface area contributed by atoms with Crippen molar-refractivity contribution in [3.8, 4) is 0 Å². The van der Waals surface area contributed by atoms with Crippen molar-refractivity contribution in [3.05, 3.63) is 62.9 Å². The zero-order valence-electron chi connectivity index (χ0n) is 17.8. The second-order valence-corrected chi connectivity index (χ2v) is 9.63. The van der Waals surface area contributed by atoms with Crippen LogP contribution < -0.4 is 10.9 Å². The maximum absolute atomic E-state index is 13.1. The van der Waals surface area contributed by atoms with Gasteiger partial charge in [0.15, 0.2) is 5.16 Å². The molecule has 0 aliphatic heterocycles. The van der Waals surface area contributed by atoms with Crippen LogP contribution in [0.15, 0.2) is 46.3 Å². The number of hydrogen-bond donors (Lipinski definition) is 1. The Morgan fingerprint density at radius 2 is 1.83 bits per heavy atom. The van der Waals surface area contributed by atoms with E-state index in [0.29, 0.717) is 27.6 Å². The van der Waals surface area contributed by atoms with Crippen LogP contribution in [0.2, 0.25) is 5.02 Å². The summed E-state index contributed by atoms with van der Waals surface area (Å²) in [7, 11) is 0. The average Bonchev–Trinajstić information content (AvgIpc) is 2.68. The van der Waals surface area contributed by atoms with E-state index in [2.05, 4.69) is 10.3 Å². The zero-order chi connectivity index (χ0) is 22.0. The number of nitrogens with zero attached hydrogens (tertiary/aromatic N) is 2. The molecule has 1 N–H and O–H groups in total. The second-order valence-electron chi connectivity index (χ2n) is 7.88. The molecule has 30 heavy (non-hydrogen) atoms. The van der Waals surface area contributed by atoms with Gasteiger partial charge in [-0.3, -0.25) is 14.2 Å². The third kappa shape index (κ3) is 4.87. The first-order chi connectivity index (χ1) is 14.2. The van der Waals surface area contributed by atoms with Crippen LogP contribution in [0.5, 0.6) is 0 Å². The van der Waals surface area contributed by atoms with E-state index in [1.54, 1.807) is 22.8 Å². The molecule has 0 radical (unpaired) electrons. The van der Waals surface area contributed by atoms with Crippen LogP contribution in [0, 0.1) is 19.8 Å². The van der Waals surface area contributed by atoms with Crippen LogP contribution in [0.25, 0.3) is 10.9 Å². The topological polar surface area (TPSA) is 64.0 Å². The van der Waals surface area contributed by atoms with Crippen LogP contribution >= 0.6 is 23.4 Å². The van der Waals surface area contributed by atoms with Crippen molar-refractivity contribution >= 4 is 45.9 Å². The Morgan fingerprint density at radius 1 is 1.17 bits per heavy atom. The van der Waals surface area contributed by atoms with Gasteiger partial charge in [-0.1, -0.05) is 55.4 Å². The van der Waals surface area contributed by atoms with E-state index in [1.807, 2.05) is 52.8 Å². The smallest absolute Gasteiger partial charge is 0.262 e. The van der Waals surface area contributed by atoms with Crippen LogP contribution in [-0.4, -0.2) is 20.7 Å². The predicted octanol–water partition coefficient (Wildman–Crippen LogP) is 5.44. The minimum absolute atomic E-state index is 0.126. The standard InChI is InChI=1S/C23H26ClN3O2S/c1-13(2)12-27-22(29)18-11-17(24)9-10-19(18)25-23(27)30-16(5)21(28)26-20-14(3)7-6-8-15(20)4/h6-11,13,16H,12H2,1-5H3,(H,26,28). The Kier molecular flexibility index (Phi) is 6.88. The van der Waals surface area contributed by atoms with E-state index in [1.165, 1.54) is 11.8 Å². The first-order valence-corrected chi connectivity index (χ1v) is 11.2. The molecule has 5 nitrogen and oxygen atoms in total. The monoisotopic (exact) mass is 443 g/mol. The fourth-order valence-corrected chi connectivity index (χ4v) is 4.33. The molecule has 7 heteroatoms. The number of hydrogen-bond acceptors (Lipinski definition) is 4. The van der Waals surface area contributed by atoms with Crippen molar-refractivity contribution in [1.29, 1.82) is 0 Å². The number of aromatic nitrogens is 2. The molecule has 1 unspecified atom stereocenters. The molecule has 158 valence electrons. The molecule has 0 bridgehead atoms. The fraction of sp³-hybridized carbons (Fsp3) is 0.348. The lowest BCUT2D eigenvalue weighted by Gasteiger charge is -2.18. The van der Waals surface area contributed by atoms with Crippen molar-refractivity contribution in [1.82, 2.24) is 9.55 Å². The van der Waals surface area contributed by atoms with Gasteiger partial charge >= 0.3 is 0 Å². The predicted molar refractivity (Wildman–Crippen MR) is 126 cm³/mol. The summed E-state index contributed by atoms with van der Waals surface area (Å²) in [6, 6.07) is 11.0. The third-order valence-electron chi connectivity index (χ3n) is 4.81. The number of amides is 1. The molecule has 3 aromatic rings. The number of para-hydroxylation sites is 1. The van der Waals surface area contributed by atoms with E-state index >= 15 is 0 Å². The SMILES string of the molecule is Cc1cccc(C)c1NC(=O)C(C)Sc1nc2ccc(Cl)cc2c(=O)n1CC(C)C. The molecule has 0 saturated heterocycles. The highest BCUT2D eigenvalue weighted by atomic mass is 35.5. The Hall–Kier alpha value is -2.31. The van der Waals surface area contributed by atoms with Crippen molar-refractivity contribution in [2.24, 2.45) is 5.92 Å². The Bertz CT molecular complexity index is 1140. The van der Waals surface area contributed by atoms with Crippen LogP contribution in [0.4, 0.5) is 5.69 Å². The number of aryl methyl sites for hydroxylation is 2. The summed E-state index contributed by atoms with van der Waals surface area (Å²) < 4.78 is 1.65. The molecule has 0 aliphatic carbocycles. The lowest BCUT2D eigenvalue weighted by molar-refractivity contribution is -0.115. The summed E-state index contributed by atoms with van der Waals surface area (Å²) in [4.78, 5) is 30.7. The van der Waals surface area contributed by atoms with E-state index in [-0.39, 0.29) is 17.4 Å². The van der Waals surface area contributed by atoms with Crippen molar-refractivity contribution in [3.63, 3.8) is 0 Å². The number of carbonyl (C=O) groups excluding carboxylic acids is 1. The molecule has 0 aliphatic rings. The maximum atomic E-state index is 13.1. The number of carbonyl (C=O) groups is 1. The minimum Gasteiger partial charge on any atom is -0.325 e. The lowest BCUT2D eigenvalue weighted by atomic mass is 10.1. The highest BCUT2D eigenvalue weighted by Gasteiger charge is 2.21. The zero-order valence-corrected chi connectivity index (χ0v) is 19.4. The van der Waals surface area contributed by atoms with Gasteiger partial charge in [-0.25, -0.2) is 4.98 Å². The molecule has 3 rings (SSSR count). The second kappa shape index (κ2) is 9.23. The lowest BCUT2D eigenvalue weighted by Crippen LogP contribution is -2.28. The first-order valence-electron chi connectivity index (χ1n) is 9.91. The first kappa shape index (κ1) is 22.4. The van der Waals surface area contributed by atoms with Crippen molar-refractivity contribution in [2.45, 2.75) is 51.6 Å². The number of nitrogens with one attached hydrogen (secondary N) is 1. The van der Waals surface area contributed by atoms with Gasteiger partial charge in [0, 0.05) is 17.3 Å². The summed E-state index contributed by atoms with van der Waals surface area (Å²) >= 11 is 7.37. The number of fused-ring (bicyclic) bond motifs is 1. The molecular formula is C23H26ClN3O2S. The Morgan fingerprint density at radius 3 is 2.47 bits per heavy atom. The third-order valence-corrected chi connectivity index (χ3v) is 6.13. The molecule has 1 aromatic heterocycles. The van der Waals surface area contributed by atoms with Gasteiger partial charge in [-0.05, 0) is 56.0 Å². The molecule has 2 aromatic carbocycles. The van der Waals surface area contributed by atoms with Crippen molar-refractivity contribution < 1.29 is 4.79 Å². The number of thioether (sulfide) groups is 1. The van der Waals surface area contributed by atoms with Gasteiger partial charge in [0.1, 0.15) is 0 Å². The summed E-state index contributed by atoms with van der Waals surface area (Å²) in [6.07, 6.45) is 0. The molecule has 1 heterocycles. The van der Waals surface area contributed by atoms with E-state index < -0.39 is 5.25 Å². The molecular weight excluding hydrogens is 418 g/mol. The highest BCUT2D eigenvalue weighted by molar-refractivity contribution is 8.00. The van der Waals surface area contributed by atoms with Gasteiger partial charge in [0.2, 0.25) is 5.91 Å². The average molecular weight is 444 g/mol. The van der Waals surface area contributed by atoms with Crippen LogP contribution in [0.1, 0.15) is 31.9 Å². The number of anilines is 1. The Balaban J connectivity index is 1.94. The number of benzene rings is 2. The summed E-state index contributed by atoms with van der Waals surface area (Å²) in [5.41, 5.74) is 3.29. The Labute approximate surface area is 185 Å². The summed E-state index contributed by atoms with van der Waals surface area (Å²) in [5, 5.41) is 4.11. The number of rotatable bonds is 6. The van der Waals surface area contributed by atoms with Gasteiger partial charge < -0.3 is 5.32 Å². The van der Waals surface area contributed by atoms with Crippen molar-refractivity contribution in [2.75, 3.05) is 5.32 Å². The van der Waals surface area contributed by atoms with Gasteiger partial charge in [0.05, 0.1) is 16.2 Å².